The van der Waals surface area contributed by atoms with E-state index in [9.17, 15) is 0 Å². The van der Waals surface area contributed by atoms with Crippen molar-refractivity contribution in [1.82, 2.24) is 0 Å². The zero-order valence-corrected chi connectivity index (χ0v) is 12.8. The van der Waals surface area contributed by atoms with Crippen LogP contribution in [-0.2, 0) is 6.54 Å². The molecule has 2 aromatic carbocycles. The summed E-state index contributed by atoms with van der Waals surface area (Å²) in [5, 5.41) is 0. The third-order valence-corrected chi connectivity index (χ3v) is 3.29. The summed E-state index contributed by atoms with van der Waals surface area (Å²) in [7, 11) is 0. The van der Waals surface area contributed by atoms with Gasteiger partial charge in [-0.1, -0.05) is 24.3 Å². The molecule has 21 heavy (non-hydrogen) atoms. The first-order valence-electron chi connectivity index (χ1n) is 7.31. The minimum Gasteiger partial charge on any atom is -0.493 e. The molecule has 0 amide bonds. The second-order valence-electron chi connectivity index (χ2n) is 5.17. The molecule has 0 aliphatic rings. The van der Waals surface area contributed by atoms with Crippen LogP contribution in [0.1, 0.15) is 23.1 Å². The Morgan fingerprint density at radius 2 is 1.76 bits per heavy atom. The number of aryl methyl sites for hydroxylation is 2. The molecule has 3 nitrogen and oxygen atoms in total. The molecule has 0 fully saturated rings. The topological polar surface area (TPSA) is 44.5 Å². The van der Waals surface area contributed by atoms with E-state index in [1.165, 1.54) is 5.56 Å². The van der Waals surface area contributed by atoms with Gasteiger partial charge in [-0.05, 0) is 48.7 Å². The van der Waals surface area contributed by atoms with Gasteiger partial charge in [-0.15, -0.1) is 0 Å². The molecule has 0 aliphatic heterocycles. The third kappa shape index (κ3) is 4.80. The average molecular weight is 285 g/mol. The van der Waals surface area contributed by atoms with Crippen LogP contribution in [0.4, 0.5) is 0 Å². The van der Waals surface area contributed by atoms with Crippen LogP contribution in [0, 0.1) is 13.8 Å². The number of nitrogens with two attached hydrogens (primary N) is 1. The number of ether oxygens (including phenoxy) is 2. The van der Waals surface area contributed by atoms with Crippen molar-refractivity contribution < 1.29 is 9.47 Å². The Morgan fingerprint density at radius 1 is 0.952 bits per heavy atom. The molecule has 2 N–H and O–H groups in total. The lowest BCUT2D eigenvalue weighted by Gasteiger charge is -2.11. The van der Waals surface area contributed by atoms with E-state index in [0.717, 1.165) is 29.0 Å². The third-order valence-electron chi connectivity index (χ3n) is 3.29. The Bertz CT molecular complexity index is 581. The molecular weight excluding hydrogens is 262 g/mol. The summed E-state index contributed by atoms with van der Waals surface area (Å²) in [5.74, 6) is 1.82. The monoisotopic (exact) mass is 285 g/mol. The fourth-order valence-electron chi connectivity index (χ4n) is 2.06. The second kappa shape index (κ2) is 7.70. The number of benzene rings is 2. The molecule has 2 aromatic rings. The van der Waals surface area contributed by atoms with Crippen molar-refractivity contribution >= 4 is 0 Å². The molecule has 2 rings (SSSR count). The van der Waals surface area contributed by atoms with Crippen LogP contribution in [0.25, 0.3) is 0 Å². The smallest absolute Gasteiger partial charge is 0.122 e. The van der Waals surface area contributed by atoms with Gasteiger partial charge in [-0.25, -0.2) is 0 Å². The summed E-state index contributed by atoms with van der Waals surface area (Å²) in [6.45, 7) is 5.95. The van der Waals surface area contributed by atoms with Gasteiger partial charge in [0.2, 0.25) is 0 Å². The first kappa shape index (κ1) is 15.4. The molecule has 0 heterocycles. The first-order chi connectivity index (χ1) is 10.2. The maximum Gasteiger partial charge on any atom is 0.122 e. The summed E-state index contributed by atoms with van der Waals surface area (Å²) in [6.07, 6.45) is 0.847. The molecule has 0 radical (unpaired) electrons. The van der Waals surface area contributed by atoms with E-state index in [0.29, 0.717) is 19.8 Å². The lowest BCUT2D eigenvalue weighted by molar-refractivity contribution is 0.246. The van der Waals surface area contributed by atoms with Crippen molar-refractivity contribution in [3.8, 4) is 11.5 Å². The molecule has 0 saturated heterocycles. The molecule has 112 valence electrons. The van der Waals surface area contributed by atoms with Crippen LogP contribution in [-0.4, -0.2) is 13.2 Å². The molecule has 3 heteroatoms. The van der Waals surface area contributed by atoms with E-state index in [2.05, 4.69) is 32.0 Å². The SMILES string of the molecule is Cc1ccc(C)c(OCCCOc2cccc(CN)c2)c1. The predicted molar refractivity (Wildman–Crippen MR) is 85.9 cm³/mol. The van der Waals surface area contributed by atoms with Gasteiger partial charge in [0.15, 0.2) is 0 Å². The Balaban J connectivity index is 1.73. The fourth-order valence-corrected chi connectivity index (χ4v) is 2.06. The maximum atomic E-state index is 5.80. The van der Waals surface area contributed by atoms with Gasteiger partial charge in [0.1, 0.15) is 11.5 Å². The average Bonchev–Trinajstić information content (AvgIpc) is 2.50. The summed E-state index contributed by atoms with van der Waals surface area (Å²) < 4.78 is 11.5. The Kier molecular flexibility index (Phi) is 5.64. The van der Waals surface area contributed by atoms with Crippen molar-refractivity contribution in [1.29, 1.82) is 0 Å². The number of hydrogen-bond donors (Lipinski definition) is 1. The van der Waals surface area contributed by atoms with Crippen molar-refractivity contribution in [3.05, 3.63) is 59.2 Å². The van der Waals surface area contributed by atoms with Gasteiger partial charge in [0, 0.05) is 13.0 Å². The fraction of sp³-hybridized carbons (Fsp3) is 0.333. The van der Waals surface area contributed by atoms with E-state index in [-0.39, 0.29) is 0 Å². The quantitative estimate of drug-likeness (QED) is 0.790. The highest BCUT2D eigenvalue weighted by Gasteiger charge is 2.00. The number of rotatable bonds is 7. The summed E-state index contributed by atoms with van der Waals surface area (Å²) >= 11 is 0. The Morgan fingerprint density at radius 3 is 2.57 bits per heavy atom. The largest absolute Gasteiger partial charge is 0.493 e. The van der Waals surface area contributed by atoms with Crippen LogP contribution in [0.2, 0.25) is 0 Å². The Labute approximate surface area is 126 Å². The molecule has 0 saturated carbocycles. The maximum absolute atomic E-state index is 5.80. The normalized spacial score (nSPS) is 10.4. The minimum absolute atomic E-state index is 0.535. The lowest BCUT2D eigenvalue weighted by Crippen LogP contribution is -2.06. The van der Waals surface area contributed by atoms with Crippen molar-refractivity contribution in [2.45, 2.75) is 26.8 Å². The molecule has 0 bridgehead atoms. The summed E-state index contributed by atoms with van der Waals surface area (Å²) in [4.78, 5) is 0. The van der Waals surface area contributed by atoms with E-state index < -0.39 is 0 Å². The second-order valence-corrected chi connectivity index (χ2v) is 5.17. The van der Waals surface area contributed by atoms with E-state index >= 15 is 0 Å². The molecule has 0 atom stereocenters. The van der Waals surface area contributed by atoms with Gasteiger partial charge in [-0.3, -0.25) is 0 Å². The van der Waals surface area contributed by atoms with E-state index in [4.69, 9.17) is 15.2 Å². The molecule has 0 unspecified atom stereocenters. The van der Waals surface area contributed by atoms with Gasteiger partial charge in [-0.2, -0.15) is 0 Å². The van der Waals surface area contributed by atoms with Crippen molar-refractivity contribution in [2.24, 2.45) is 5.73 Å². The molecular formula is C18H23NO2. The number of hydrogen-bond acceptors (Lipinski definition) is 3. The highest BCUT2D eigenvalue weighted by molar-refractivity contribution is 5.35. The lowest BCUT2D eigenvalue weighted by atomic mass is 10.1. The van der Waals surface area contributed by atoms with E-state index in [1.54, 1.807) is 0 Å². The zero-order chi connectivity index (χ0) is 15.1. The minimum atomic E-state index is 0.535. The van der Waals surface area contributed by atoms with Crippen LogP contribution < -0.4 is 15.2 Å². The van der Waals surface area contributed by atoms with Gasteiger partial charge >= 0.3 is 0 Å². The highest BCUT2D eigenvalue weighted by Crippen LogP contribution is 2.19. The van der Waals surface area contributed by atoms with Crippen LogP contribution in [0.3, 0.4) is 0 Å². The molecule has 0 aliphatic carbocycles. The first-order valence-corrected chi connectivity index (χ1v) is 7.31. The summed E-state index contributed by atoms with van der Waals surface area (Å²) in [6, 6.07) is 14.1. The standard InChI is InChI=1S/C18H23NO2/c1-14-7-8-15(2)18(11-14)21-10-4-9-20-17-6-3-5-16(12-17)13-19/h3,5-8,11-12H,4,9-10,13,19H2,1-2H3. The highest BCUT2D eigenvalue weighted by atomic mass is 16.5. The van der Waals surface area contributed by atoms with Gasteiger partial charge < -0.3 is 15.2 Å². The van der Waals surface area contributed by atoms with Crippen molar-refractivity contribution in [2.75, 3.05) is 13.2 Å². The van der Waals surface area contributed by atoms with Crippen LogP contribution >= 0.6 is 0 Å². The predicted octanol–water partition coefficient (Wildman–Crippen LogP) is 3.61. The van der Waals surface area contributed by atoms with Crippen molar-refractivity contribution in [3.63, 3.8) is 0 Å². The molecule has 0 spiro atoms. The van der Waals surface area contributed by atoms with E-state index in [1.807, 2.05) is 24.3 Å². The van der Waals surface area contributed by atoms with Crippen LogP contribution in [0.5, 0.6) is 11.5 Å². The molecule has 0 aromatic heterocycles. The van der Waals surface area contributed by atoms with Crippen LogP contribution in [0.15, 0.2) is 42.5 Å². The Hall–Kier alpha value is -2.00. The zero-order valence-electron chi connectivity index (χ0n) is 12.8. The summed E-state index contributed by atoms with van der Waals surface area (Å²) in [5.41, 5.74) is 9.07. The van der Waals surface area contributed by atoms with Gasteiger partial charge in [0.05, 0.1) is 13.2 Å². The van der Waals surface area contributed by atoms with Gasteiger partial charge in [0.25, 0.3) is 0 Å².